The molecule has 0 aliphatic heterocycles. The Morgan fingerprint density at radius 2 is 1.96 bits per heavy atom. The van der Waals surface area contributed by atoms with Crippen LogP contribution in [0.5, 0.6) is 11.5 Å². The molecule has 0 amide bonds. The van der Waals surface area contributed by atoms with E-state index in [1.54, 1.807) is 18.9 Å². The molecule has 2 heterocycles. The number of benzene rings is 2. The summed E-state index contributed by atoms with van der Waals surface area (Å²) < 4.78 is 9.08. The molecule has 2 aromatic heterocycles. The number of nitrogens with zero attached hydrogens (tertiary/aromatic N) is 5. The molecule has 136 valence electrons. The molecular formula is C20H18IN5O. The molecule has 0 saturated carbocycles. The first kappa shape index (κ1) is 17.7. The first-order valence-corrected chi connectivity index (χ1v) is 9.49. The van der Waals surface area contributed by atoms with Gasteiger partial charge in [0.2, 0.25) is 0 Å². The van der Waals surface area contributed by atoms with Gasteiger partial charge in [-0.05, 0) is 65.4 Å². The zero-order valence-corrected chi connectivity index (χ0v) is 17.4. The van der Waals surface area contributed by atoms with Gasteiger partial charge in [0.05, 0.1) is 20.9 Å². The van der Waals surface area contributed by atoms with Crippen LogP contribution in [0, 0.1) is 10.5 Å². The maximum absolute atomic E-state index is 6.10. The quantitative estimate of drug-likeness (QED) is 0.399. The van der Waals surface area contributed by atoms with Crippen molar-refractivity contribution in [3.8, 4) is 11.5 Å². The lowest BCUT2D eigenvalue weighted by molar-refractivity contribution is 0.479. The highest BCUT2D eigenvalue weighted by Crippen LogP contribution is 2.32. The van der Waals surface area contributed by atoms with E-state index in [2.05, 4.69) is 43.6 Å². The Kier molecular flexibility index (Phi) is 4.69. The van der Waals surface area contributed by atoms with Crippen molar-refractivity contribution in [1.29, 1.82) is 0 Å². The number of anilines is 2. The van der Waals surface area contributed by atoms with E-state index in [1.807, 2.05) is 60.8 Å². The smallest absolute Gasteiger partial charge is 0.149 e. The molecule has 0 saturated heterocycles. The van der Waals surface area contributed by atoms with Gasteiger partial charge in [-0.2, -0.15) is 0 Å². The summed E-state index contributed by atoms with van der Waals surface area (Å²) in [6.07, 6.45) is 5.17. The molecule has 0 fully saturated rings. The molecule has 0 radical (unpaired) electrons. The minimum Gasteiger partial charge on any atom is -0.457 e. The Hall–Kier alpha value is -2.68. The van der Waals surface area contributed by atoms with Crippen molar-refractivity contribution in [1.82, 2.24) is 19.5 Å². The Labute approximate surface area is 171 Å². The van der Waals surface area contributed by atoms with Crippen molar-refractivity contribution < 1.29 is 4.74 Å². The molecule has 0 unspecified atom stereocenters. The minimum atomic E-state index is 0.774. The van der Waals surface area contributed by atoms with Crippen molar-refractivity contribution in [2.45, 2.75) is 6.92 Å². The SMILES string of the molecule is Cc1cc(N(C)c2ncncc2I)ccc1Oc1ccc2c(c1)ncn2C. The zero-order chi connectivity index (χ0) is 19.0. The normalized spacial score (nSPS) is 11.0. The van der Waals surface area contributed by atoms with Crippen molar-refractivity contribution in [3.05, 3.63) is 64.4 Å². The molecule has 4 aromatic rings. The Morgan fingerprint density at radius 1 is 1.11 bits per heavy atom. The molecule has 7 heteroatoms. The zero-order valence-electron chi connectivity index (χ0n) is 15.2. The summed E-state index contributed by atoms with van der Waals surface area (Å²) in [7, 11) is 3.98. The highest BCUT2D eigenvalue weighted by Gasteiger charge is 2.12. The molecule has 0 aliphatic rings. The average Bonchev–Trinajstić information content (AvgIpc) is 3.03. The van der Waals surface area contributed by atoms with Crippen molar-refractivity contribution in [3.63, 3.8) is 0 Å². The Balaban J connectivity index is 1.60. The van der Waals surface area contributed by atoms with Gasteiger partial charge in [-0.15, -0.1) is 0 Å². The van der Waals surface area contributed by atoms with Crippen LogP contribution in [0.3, 0.4) is 0 Å². The number of ether oxygens (including phenoxy) is 1. The molecule has 0 atom stereocenters. The van der Waals surface area contributed by atoms with Crippen LogP contribution in [0.25, 0.3) is 11.0 Å². The van der Waals surface area contributed by atoms with E-state index in [-0.39, 0.29) is 0 Å². The molecule has 2 aromatic carbocycles. The molecule has 27 heavy (non-hydrogen) atoms. The van der Waals surface area contributed by atoms with E-state index < -0.39 is 0 Å². The van der Waals surface area contributed by atoms with E-state index in [1.165, 1.54) is 0 Å². The van der Waals surface area contributed by atoms with Gasteiger partial charge in [0, 0.05) is 32.0 Å². The lowest BCUT2D eigenvalue weighted by Crippen LogP contribution is -2.13. The van der Waals surface area contributed by atoms with Crippen LogP contribution in [-0.2, 0) is 7.05 Å². The van der Waals surface area contributed by atoms with E-state index in [0.29, 0.717) is 0 Å². The van der Waals surface area contributed by atoms with Crippen LogP contribution in [-0.4, -0.2) is 26.6 Å². The number of aromatic nitrogens is 4. The molecule has 6 nitrogen and oxygen atoms in total. The predicted octanol–water partition coefficient (Wildman–Crippen LogP) is 4.84. The fourth-order valence-corrected chi connectivity index (χ4v) is 3.60. The topological polar surface area (TPSA) is 56.1 Å². The second-order valence-electron chi connectivity index (χ2n) is 6.31. The van der Waals surface area contributed by atoms with Crippen LogP contribution in [0.4, 0.5) is 11.5 Å². The summed E-state index contributed by atoms with van der Waals surface area (Å²) in [5, 5.41) is 0. The average molecular weight is 471 g/mol. The fraction of sp³-hybridized carbons (Fsp3) is 0.150. The van der Waals surface area contributed by atoms with Crippen LogP contribution in [0.15, 0.2) is 55.2 Å². The standard InChI is InChI=1S/C20H18IN5O/c1-13-8-14(26(3)20-16(21)10-22-11-23-20)4-7-19(13)27-15-5-6-18-17(9-15)24-12-25(18)2/h4-12H,1-3H3. The van der Waals surface area contributed by atoms with Crippen LogP contribution < -0.4 is 9.64 Å². The summed E-state index contributed by atoms with van der Waals surface area (Å²) in [5.74, 6) is 2.47. The van der Waals surface area contributed by atoms with Crippen molar-refractivity contribution >= 4 is 45.1 Å². The number of fused-ring (bicyclic) bond motifs is 1. The largest absolute Gasteiger partial charge is 0.457 e. The number of aryl methyl sites for hydroxylation is 2. The number of halogens is 1. The third-order valence-electron chi connectivity index (χ3n) is 4.44. The van der Waals surface area contributed by atoms with Gasteiger partial charge >= 0.3 is 0 Å². The molecule has 4 rings (SSSR count). The maximum Gasteiger partial charge on any atom is 0.149 e. The third-order valence-corrected chi connectivity index (χ3v) is 5.20. The van der Waals surface area contributed by atoms with Crippen molar-refractivity contribution in [2.24, 2.45) is 7.05 Å². The van der Waals surface area contributed by atoms with Gasteiger partial charge in [0.25, 0.3) is 0 Å². The van der Waals surface area contributed by atoms with Gasteiger partial charge < -0.3 is 14.2 Å². The molecule has 0 aliphatic carbocycles. The predicted molar refractivity (Wildman–Crippen MR) is 115 cm³/mol. The third kappa shape index (κ3) is 3.46. The Bertz CT molecular complexity index is 1120. The molecule has 0 N–H and O–H groups in total. The lowest BCUT2D eigenvalue weighted by Gasteiger charge is -2.20. The van der Waals surface area contributed by atoms with Crippen LogP contribution in [0.1, 0.15) is 5.56 Å². The van der Waals surface area contributed by atoms with E-state index >= 15 is 0 Å². The Morgan fingerprint density at radius 3 is 2.74 bits per heavy atom. The molecule has 0 spiro atoms. The second kappa shape index (κ2) is 7.15. The number of imidazole rings is 1. The van der Waals surface area contributed by atoms with Crippen LogP contribution >= 0.6 is 22.6 Å². The van der Waals surface area contributed by atoms with E-state index in [4.69, 9.17) is 4.74 Å². The van der Waals surface area contributed by atoms with E-state index in [9.17, 15) is 0 Å². The maximum atomic E-state index is 6.10. The number of hydrogen-bond acceptors (Lipinski definition) is 5. The van der Waals surface area contributed by atoms with Crippen LogP contribution in [0.2, 0.25) is 0 Å². The van der Waals surface area contributed by atoms with E-state index in [0.717, 1.165) is 43.2 Å². The number of rotatable bonds is 4. The van der Waals surface area contributed by atoms with Gasteiger partial charge in [-0.3, -0.25) is 0 Å². The molecular weight excluding hydrogens is 453 g/mol. The minimum absolute atomic E-state index is 0.774. The number of hydrogen-bond donors (Lipinski definition) is 0. The summed E-state index contributed by atoms with van der Waals surface area (Å²) in [5.41, 5.74) is 4.08. The lowest BCUT2D eigenvalue weighted by atomic mass is 10.2. The highest BCUT2D eigenvalue weighted by molar-refractivity contribution is 14.1. The highest BCUT2D eigenvalue weighted by atomic mass is 127. The first-order chi connectivity index (χ1) is 13.0. The first-order valence-electron chi connectivity index (χ1n) is 8.42. The van der Waals surface area contributed by atoms with Crippen molar-refractivity contribution in [2.75, 3.05) is 11.9 Å². The summed E-state index contributed by atoms with van der Waals surface area (Å²) in [4.78, 5) is 14.9. The fourth-order valence-electron chi connectivity index (χ4n) is 2.94. The second-order valence-corrected chi connectivity index (χ2v) is 7.47. The monoisotopic (exact) mass is 471 g/mol. The summed E-state index contributed by atoms with van der Waals surface area (Å²) in [6.45, 7) is 2.04. The summed E-state index contributed by atoms with van der Waals surface area (Å²) in [6, 6.07) is 12.0. The van der Waals surface area contributed by atoms with Gasteiger partial charge in [-0.1, -0.05) is 0 Å². The molecule has 0 bridgehead atoms. The summed E-state index contributed by atoms with van der Waals surface area (Å²) >= 11 is 2.24. The van der Waals surface area contributed by atoms with Gasteiger partial charge in [0.15, 0.2) is 0 Å². The van der Waals surface area contributed by atoms with Gasteiger partial charge in [-0.25, -0.2) is 15.0 Å². The van der Waals surface area contributed by atoms with Gasteiger partial charge in [0.1, 0.15) is 23.6 Å².